The second-order valence-corrected chi connectivity index (χ2v) is 6.48. The lowest BCUT2D eigenvalue weighted by Crippen LogP contribution is -2.32. The zero-order valence-corrected chi connectivity index (χ0v) is 12.1. The third-order valence-electron chi connectivity index (χ3n) is 5.02. The van der Waals surface area contributed by atoms with Crippen LogP contribution in [0.4, 0.5) is 0 Å². The fourth-order valence-corrected chi connectivity index (χ4v) is 3.50. The van der Waals surface area contributed by atoms with E-state index in [0.717, 1.165) is 6.54 Å². The number of piperidine rings is 1. The molecule has 2 nitrogen and oxygen atoms in total. The Morgan fingerprint density at radius 3 is 2.58 bits per heavy atom. The minimum Gasteiger partial charge on any atom is -0.327 e. The van der Waals surface area contributed by atoms with Gasteiger partial charge in [0.2, 0.25) is 0 Å². The molecule has 0 radical (unpaired) electrons. The fraction of sp³-hybridized carbons (Fsp3) is 0.647. The minimum atomic E-state index is 0.276. The van der Waals surface area contributed by atoms with Crippen LogP contribution in [0.15, 0.2) is 24.3 Å². The molecule has 1 aromatic rings. The molecule has 19 heavy (non-hydrogen) atoms. The quantitative estimate of drug-likeness (QED) is 0.899. The van der Waals surface area contributed by atoms with Crippen LogP contribution in [-0.2, 0) is 12.0 Å². The summed E-state index contributed by atoms with van der Waals surface area (Å²) in [5.74, 6) is 0. The Hall–Kier alpha value is -0.860. The van der Waals surface area contributed by atoms with Crippen LogP contribution in [0, 0.1) is 0 Å². The van der Waals surface area contributed by atoms with Gasteiger partial charge in [-0.2, -0.15) is 0 Å². The summed E-state index contributed by atoms with van der Waals surface area (Å²) in [5, 5.41) is 0. The molecular weight excluding hydrogens is 232 g/mol. The molecule has 1 aliphatic heterocycles. The predicted molar refractivity (Wildman–Crippen MR) is 80.1 cm³/mol. The van der Waals surface area contributed by atoms with Crippen LogP contribution in [0.2, 0.25) is 0 Å². The van der Waals surface area contributed by atoms with E-state index in [0.29, 0.717) is 0 Å². The second-order valence-electron chi connectivity index (χ2n) is 6.48. The molecule has 1 heterocycles. The van der Waals surface area contributed by atoms with E-state index in [2.05, 4.69) is 36.1 Å². The summed E-state index contributed by atoms with van der Waals surface area (Å²) in [6.45, 7) is 5.80. The number of hydrogen-bond acceptors (Lipinski definition) is 2. The van der Waals surface area contributed by atoms with E-state index in [1.54, 1.807) is 0 Å². The number of likely N-dealkylation sites (tertiary alicyclic amines) is 1. The highest BCUT2D eigenvalue weighted by atomic mass is 15.1. The van der Waals surface area contributed by atoms with Gasteiger partial charge >= 0.3 is 0 Å². The van der Waals surface area contributed by atoms with E-state index in [1.165, 1.54) is 56.3 Å². The molecule has 2 aliphatic rings. The molecule has 104 valence electrons. The van der Waals surface area contributed by atoms with Crippen LogP contribution in [-0.4, -0.2) is 24.0 Å². The van der Waals surface area contributed by atoms with E-state index in [4.69, 9.17) is 5.73 Å². The van der Waals surface area contributed by atoms with Crippen molar-refractivity contribution < 1.29 is 0 Å². The molecule has 0 spiro atoms. The SMILES string of the molecule is CC(N)C1(c2cccc(CN3CCCCC3)c2)CC1. The van der Waals surface area contributed by atoms with E-state index in [9.17, 15) is 0 Å². The molecule has 2 N–H and O–H groups in total. The zero-order valence-electron chi connectivity index (χ0n) is 12.1. The molecule has 1 saturated carbocycles. The molecule has 2 fully saturated rings. The summed E-state index contributed by atoms with van der Waals surface area (Å²) in [5.41, 5.74) is 9.41. The summed E-state index contributed by atoms with van der Waals surface area (Å²) in [6, 6.07) is 9.45. The number of rotatable bonds is 4. The smallest absolute Gasteiger partial charge is 0.0233 e. The Morgan fingerprint density at radius 2 is 1.95 bits per heavy atom. The largest absolute Gasteiger partial charge is 0.327 e. The van der Waals surface area contributed by atoms with Crippen molar-refractivity contribution in [2.75, 3.05) is 13.1 Å². The van der Waals surface area contributed by atoms with Crippen molar-refractivity contribution in [2.45, 2.75) is 57.0 Å². The van der Waals surface area contributed by atoms with Crippen molar-refractivity contribution in [3.05, 3.63) is 35.4 Å². The second kappa shape index (κ2) is 5.26. The molecular formula is C17H26N2. The van der Waals surface area contributed by atoms with Crippen LogP contribution >= 0.6 is 0 Å². The number of benzene rings is 1. The first-order valence-corrected chi connectivity index (χ1v) is 7.78. The van der Waals surface area contributed by atoms with Crippen molar-refractivity contribution in [1.82, 2.24) is 4.90 Å². The van der Waals surface area contributed by atoms with Crippen LogP contribution in [0.5, 0.6) is 0 Å². The summed E-state index contributed by atoms with van der Waals surface area (Å²) in [7, 11) is 0. The summed E-state index contributed by atoms with van der Waals surface area (Å²) in [6.07, 6.45) is 6.66. The number of nitrogens with two attached hydrogens (primary N) is 1. The molecule has 1 aliphatic carbocycles. The molecule has 2 heteroatoms. The van der Waals surface area contributed by atoms with Gasteiger partial charge in [-0.05, 0) is 56.8 Å². The maximum atomic E-state index is 6.19. The summed E-state index contributed by atoms with van der Waals surface area (Å²) < 4.78 is 0. The zero-order chi connectivity index (χ0) is 13.3. The van der Waals surface area contributed by atoms with Gasteiger partial charge in [-0.1, -0.05) is 30.7 Å². The highest BCUT2D eigenvalue weighted by Crippen LogP contribution is 2.50. The maximum Gasteiger partial charge on any atom is 0.0233 e. The lowest BCUT2D eigenvalue weighted by molar-refractivity contribution is 0.221. The standard InChI is InChI=1S/C17H26N2/c1-14(18)17(8-9-17)16-7-5-6-15(12-16)13-19-10-3-2-4-11-19/h5-7,12,14H,2-4,8-11,13,18H2,1H3. The lowest BCUT2D eigenvalue weighted by atomic mass is 9.88. The number of hydrogen-bond donors (Lipinski definition) is 1. The first kappa shape index (κ1) is 13.1. The van der Waals surface area contributed by atoms with Crippen molar-refractivity contribution in [3.8, 4) is 0 Å². The number of nitrogens with zero attached hydrogens (tertiary/aromatic N) is 1. The Morgan fingerprint density at radius 1 is 1.21 bits per heavy atom. The van der Waals surface area contributed by atoms with Crippen molar-refractivity contribution in [3.63, 3.8) is 0 Å². The van der Waals surface area contributed by atoms with Gasteiger partial charge in [0.05, 0.1) is 0 Å². The minimum absolute atomic E-state index is 0.276. The van der Waals surface area contributed by atoms with E-state index in [1.807, 2.05) is 0 Å². The first-order chi connectivity index (χ1) is 9.21. The van der Waals surface area contributed by atoms with Gasteiger partial charge in [0, 0.05) is 18.0 Å². The Kier molecular flexibility index (Phi) is 3.64. The van der Waals surface area contributed by atoms with Crippen LogP contribution < -0.4 is 5.73 Å². The molecule has 1 aromatic carbocycles. The van der Waals surface area contributed by atoms with Gasteiger partial charge in [0.1, 0.15) is 0 Å². The Bertz CT molecular complexity index is 429. The normalized spacial score (nSPS) is 24.1. The molecule has 1 atom stereocenters. The Balaban J connectivity index is 1.73. The van der Waals surface area contributed by atoms with Crippen LogP contribution in [0.1, 0.15) is 50.2 Å². The van der Waals surface area contributed by atoms with Crippen molar-refractivity contribution >= 4 is 0 Å². The fourth-order valence-electron chi connectivity index (χ4n) is 3.50. The van der Waals surface area contributed by atoms with Gasteiger partial charge in [-0.25, -0.2) is 0 Å². The third-order valence-corrected chi connectivity index (χ3v) is 5.02. The van der Waals surface area contributed by atoms with Crippen LogP contribution in [0.3, 0.4) is 0 Å². The van der Waals surface area contributed by atoms with Crippen molar-refractivity contribution in [2.24, 2.45) is 5.73 Å². The summed E-state index contributed by atoms with van der Waals surface area (Å²) in [4.78, 5) is 2.59. The average Bonchev–Trinajstić information content (AvgIpc) is 3.22. The van der Waals surface area contributed by atoms with E-state index < -0.39 is 0 Å². The van der Waals surface area contributed by atoms with Gasteiger partial charge in [0.15, 0.2) is 0 Å². The van der Waals surface area contributed by atoms with Gasteiger partial charge in [-0.3, -0.25) is 4.90 Å². The monoisotopic (exact) mass is 258 g/mol. The highest BCUT2D eigenvalue weighted by molar-refractivity contribution is 5.36. The average molecular weight is 258 g/mol. The van der Waals surface area contributed by atoms with E-state index in [-0.39, 0.29) is 11.5 Å². The van der Waals surface area contributed by atoms with Crippen molar-refractivity contribution in [1.29, 1.82) is 0 Å². The molecule has 0 amide bonds. The highest BCUT2D eigenvalue weighted by Gasteiger charge is 2.47. The molecule has 0 bridgehead atoms. The topological polar surface area (TPSA) is 29.3 Å². The predicted octanol–water partition coefficient (Wildman–Crippen LogP) is 3.05. The van der Waals surface area contributed by atoms with Crippen LogP contribution in [0.25, 0.3) is 0 Å². The van der Waals surface area contributed by atoms with Gasteiger partial charge in [-0.15, -0.1) is 0 Å². The van der Waals surface area contributed by atoms with Gasteiger partial charge in [0.25, 0.3) is 0 Å². The molecule has 1 saturated heterocycles. The summed E-state index contributed by atoms with van der Waals surface area (Å²) >= 11 is 0. The maximum absolute atomic E-state index is 6.19. The van der Waals surface area contributed by atoms with E-state index >= 15 is 0 Å². The third kappa shape index (κ3) is 2.70. The Labute approximate surface area is 117 Å². The molecule has 0 aromatic heterocycles. The molecule has 3 rings (SSSR count). The van der Waals surface area contributed by atoms with Gasteiger partial charge < -0.3 is 5.73 Å². The first-order valence-electron chi connectivity index (χ1n) is 7.78. The molecule has 1 unspecified atom stereocenters. The lowest BCUT2D eigenvalue weighted by Gasteiger charge is -2.27.